The molecule has 0 aliphatic heterocycles. The number of hydrogen-bond donors (Lipinski definition) is 2. The van der Waals surface area contributed by atoms with E-state index in [0.29, 0.717) is 6.07 Å². The number of halogens is 3. The molecule has 120 valence electrons. The maximum atomic E-state index is 12.5. The highest BCUT2D eigenvalue weighted by Gasteiger charge is 2.33. The lowest BCUT2D eigenvalue weighted by molar-refractivity contribution is -0.384. The molecule has 9 heteroatoms. The van der Waals surface area contributed by atoms with Crippen LogP contribution in [0.4, 0.5) is 24.5 Å². The lowest BCUT2D eigenvalue weighted by Crippen LogP contribution is -2.29. The van der Waals surface area contributed by atoms with Gasteiger partial charge in [-0.25, -0.2) is 0 Å². The van der Waals surface area contributed by atoms with Gasteiger partial charge in [0.25, 0.3) is 5.69 Å². The summed E-state index contributed by atoms with van der Waals surface area (Å²) in [6.07, 6.45) is -2.91. The van der Waals surface area contributed by atoms with Gasteiger partial charge in [0.05, 0.1) is 10.5 Å². The van der Waals surface area contributed by atoms with Gasteiger partial charge in [0.2, 0.25) is 5.91 Å². The summed E-state index contributed by atoms with van der Waals surface area (Å²) in [5, 5.41) is 16.2. The van der Waals surface area contributed by atoms with Crippen LogP contribution in [-0.4, -0.2) is 23.9 Å². The summed E-state index contributed by atoms with van der Waals surface area (Å²) < 4.78 is 37.6. The third-order valence-corrected chi connectivity index (χ3v) is 3.21. The lowest BCUT2D eigenvalue weighted by atomic mass is 10.1. The van der Waals surface area contributed by atoms with E-state index in [4.69, 9.17) is 0 Å². The van der Waals surface area contributed by atoms with E-state index < -0.39 is 22.4 Å². The molecule has 0 spiro atoms. The van der Waals surface area contributed by atoms with Crippen LogP contribution in [0.3, 0.4) is 0 Å². The number of anilines is 1. The van der Waals surface area contributed by atoms with Gasteiger partial charge < -0.3 is 10.6 Å². The van der Waals surface area contributed by atoms with Crippen LogP contribution < -0.4 is 10.6 Å². The van der Waals surface area contributed by atoms with E-state index in [1.54, 1.807) is 0 Å². The first-order chi connectivity index (χ1) is 10.3. The fraction of sp³-hybridized carbons (Fsp3) is 0.462. The molecule has 0 saturated heterocycles. The van der Waals surface area contributed by atoms with Crippen molar-refractivity contribution in [3.8, 4) is 0 Å². The molecule has 2 N–H and O–H groups in total. The second kappa shape index (κ2) is 6.20. The highest BCUT2D eigenvalue weighted by atomic mass is 19.4. The van der Waals surface area contributed by atoms with E-state index >= 15 is 0 Å². The molecule has 2 rings (SSSR count). The highest BCUT2D eigenvalue weighted by molar-refractivity contribution is 5.80. The van der Waals surface area contributed by atoms with Gasteiger partial charge in [-0.2, -0.15) is 13.2 Å². The zero-order valence-corrected chi connectivity index (χ0v) is 11.4. The normalized spacial score (nSPS) is 14.5. The Morgan fingerprint density at radius 2 is 2.00 bits per heavy atom. The molecule has 0 bridgehead atoms. The number of rotatable bonds is 6. The molecular formula is C13H14F3N3O3. The smallest absolute Gasteiger partial charge is 0.378 e. The minimum Gasteiger partial charge on any atom is -0.378 e. The summed E-state index contributed by atoms with van der Waals surface area (Å²) in [4.78, 5) is 21.4. The van der Waals surface area contributed by atoms with E-state index in [1.807, 2.05) is 0 Å². The van der Waals surface area contributed by atoms with E-state index in [0.717, 1.165) is 25.0 Å². The van der Waals surface area contributed by atoms with E-state index in [-0.39, 0.29) is 30.6 Å². The van der Waals surface area contributed by atoms with Crippen LogP contribution in [0.5, 0.6) is 0 Å². The van der Waals surface area contributed by atoms with E-state index in [9.17, 15) is 28.1 Å². The van der Waals surface area contributed by atoms with Crippen LogP contribution in [0, 0.1) is 16.0 Å². The maximum Gasteiger partial charge on any atom is 0.416 e. The zero-order valence-electron chi connectivity index (χ0n) is 11.4. The summed E-state index contributed by atoms with van der Waals surface area (Å²) in [5.74, 6) is -0.0101. The quantitative estimate of drug-likeness (QED) is 0.480. The van der Waals surface area contributed by atoms with Crippen LogP contribution in [0.15, 0.2) is 18.2 Å². The molecule has 0 unspecified atom stereocenters. The van der Waals surface area contributed by atoms with Gasteiger partial charge in [0.1, 0.15) is 5.69 Å². The van der Waals surface area contributed by atoms with E-state index in [1.165, 1.54) is 0 Å². The summed E-state index contributed by atoms with van der Waals surface area (Å²) >= 11 is 0. The summed E-state index contributed by atoms with van der Waals surface area (Å²) in [6, 6.07) is 2.28. The maximum absolute atomic E-state index is 12.5. The van der Waals surface area contributed by atoms with Crippen molar-refractivity contribution < 1.29 is 22.9 Å². The van der Waals surface area contributed by atoms with Crippen LogP contribution in [0.1, 0.15) is 18.4 Å². The molecule has 0 heterocycles. The molecule has 0 radical (unpaired) electrons. The van der Waals surface area contributed by atoms with Crippen LogP contribution in [0.25, 0.3) is 0 Å². The Hall–Kier alpha value is -2.32. The van der Waals surface area contributed by atoms with Crippen molar-refractivity contribution >= 4 is 17.3 Å². The number of alkyl halides is 3. The lowest BCUT2D eigenvalue weighted by Gasteiger charge is -2.11. The number of amides is 1. The van der Waals surface area contributed by atoms with Crippen molar-refractivity contribution in [2.75, 3.05) is 18.4 Å². The van der Waals surface area contributed by atoms with Crippen molar-refractivity contribution in [1.82, 2.24) is 5.32 Å². The van der Waals surface area contributed by atoms with Crippen LogP contribution in [0.2, 0.25) is 0 Å². The standard InChI is InChI=1S/C13H14F3N3O3/c14-13(15,16)9-3-4-10(11(7-9)19(21)22)17-5-6-18-12(20)8-1-2-8/h3-4,7-8,17H,1-2,5-6H2,(H,18,20). The van der Waals surface area contributed by atoms with Gasteiger partial charge in [-0.15, -0.1) is 0 Å². The number of nitro groups is 1. The Labute approximate surface area is 123 Å². The number of nitrogens with one attached hydrogen (secondary N) is 2. The van der Waals surface area contributed by atoms with Gasteiger partial charge in [-0.3, -0.25) is 14.9 Å². The van der Waals surface area contributed by atoms with Crippen molar-refractivity contribution in [2.24, 2.45) is 5.92 Å². The molecule has 1 saturated carbocycles. The Bertz CT molecular complexity index is 586. The zero-order chi connectivity index (χ0) is 16.3. The first-order valence-corrected chi connectivity index (χ1v) is 6.66. The topological polar surface area (TPSA) is 84.3 Å². The summed E-state index contributed by atoms with van der Waals surface area (Å²) in [6.45, 7) is 0.429. The van der Waals surface area contributed by atoms with Gasteiger partial charge in [-0.05, 0) is 25.0 Å². The Kier molecular flexibility index (Phi) is 4.53. The second-order valence-corrected chi connectivity index (χ2v) is 4.98. The third kappa shape index (κ3) is 4.09. The second-order valence-electron chi connectivity index (χ2n) is 4.98. The van der Waals surface area contributed by atoms with Crippen molar-refractivity contribution in [2.45, 2.75) is 19.0 Å². The Balaban J connectivity index is 1.97. The van der Waals surface area contributed by atoms with E-state index in [2.05, 4.69) is 10.6 Å². The molecule has 0 aromatic heterocycles. The number of carbonyl (C=O) groups is 1. The number of benzene rings is 1. The molecular weight excluding hydrogens is 303 g/mol. The molecule has 22 heavy (non-hydrogen) atoms. The predicted molar refractivity (Wildman–Crippen MR) is 72.3 cm³/mol. The fourth-order valence-electron chi connectivity index (χ4n) is 1.88. The van der Waals surface area contributed by atoms with Gasteiger partial charge in [0.15, 0.2) is 0 Å². The van der Waals surface area contributed by atoms with Crippen LogP contribution >= 0.6 is 0 Å². The van der Waals surface area contributed by atoms with Crippen LogP contribution in [-0.2, 0) is 11.0 Å². The Morgan fingerprint density at radius 1 is 1.32 bits per heavy atom. The largest absolute Gasteiger partial charge is 0.416 e. The first kappa shape index (κ1) is 16.1. The average molecular weight is 317 g/mol. The average Bonchev–Trinajstić information content (AvgIpc) is 3.26. The van der Waals surface area contributed by atoms with Gasteiger partial charge in [0, 0.05) is 25.1 Å². The minimum atomic E-state index is -4.64. The third-order valence-electron chi connectivity index (χ3n) is 3.21. The SMILES string of the molecule is O=C(NCCNc1ccc(C(F)(F)F)cc1[N+](=O)[O-])C1CC1. The molecule has 1 aliphatic rings. The van der Waals surface area contributed by atoms with Crippen molar-refractivity contribution in [1.29, 1.82) is 0 Å². The molecule has 0 atom stereocenters. The first-order valence-electron chi connectivity index (χ1n) is 6.66. The number of nitrogens with zero attached hydrogens (tertiary/aromatic N) is 1. The molecule has 1 aromatic rings. The predicted octanol–water partition coefficient (Wildman–Crippen LogP) is 2.55. The number of carbonyl (C=O) groups excluding carboxylic acids is 1. The van der Waals surface area contributed by atoms with Crippen molar-refractivity contribution in [3.05, 3.63) is 33.9 Å². The number of nitro benzene ring substituents is 1. The molecule has 1 fully saturated rings. The molecule has 6 nitrogen and oxygen atoms in total. The Morgan fingerprint density at radius 3 is 2.55 bits per heavy atom. The summed E-state index contributed by atoms with van der Waals surface area (Å²) in [7, 11) is 0. The van der Waals surface area contributed by atoms with Gasteiger partial charge in [-0.1, -0.05) is 0 Å². The monoisotopic (exact) mass is 317 g/mol. The molecule has 1 aliphatic carbocycles. The molecule has 1 aromatic carbocycles. The minimum absolute atomic E-state index is 0.0151. The van der Waals surface area contributed by atoms with Gasteiger partial charge >= 0.3 is 6.18 Å². The number of hydrogen-bond acceptors (Lipinski definition) is 4. The van der Waals surface area contributed by atoms with Crippen molar-refractivity contribution in [3.63, 3.8) is 0 Å². The molecule has 1 amide bonds. The fourth-order valence-corrected chi connectivity index (χ4v) is 1.88. The summed E-state index contributed by atoms with van der Waals surface area (Å²) in [5.41, 5.74) is -1.74. The highest BCUT2D eigenvalue weighted by Crippen LogP contribution is 2.34.